The lowest BCUT2D eigenvalue weighted by Crippen LogP contribution is -2.64. The third-order valence-electron chi connectivity index (χ3n) is 6.84. The first-order valence-electron chi connectivity index (χ1n) is 12.5. The summed E-state index contributed by atoms with van der Waals surface area (Å²) < 4.78 is 32.8. The fourth-order valence-corrected chi connectivity index (χ4v) is 4.51. The Morgan fingerprint density at radius 3 is 1.62 bits per heavy atom. The van der Waals surface area contributed by atoms with Crippen LogP contribution < -0.4 is 11.3 Å². The Labute approximate surface area is 223 Å². The van der Waals surface area contributed by atoms with Gasteiger partial charge in [-0.25, -0.2) is 0 Å². The van der Waals surface area contributed by atoms with Crippen molar-refractivity contribution in [3.63, 3.8) is 0 Å². The van der Waals surface area contributed by atoms with Crippen molar-refractivity contribution in [3.05, 3.63) is 0 Å². The average Bonchev–Trinajstić information content (AvgIpc) is 2.93. The third-order valence-corrected chi connectivity index (χ3v) is 6.84. The van der Waals surface area contributed by atoms with Crippen LogP contribution in [0.4, 0.5) is 0 Å². The number of hydrogen-bond donors (Lipinski definition) is 12. The number of aliphatic hydroxyl groups excluding tert-OH is 10. The Bertz CT molecular complexity index is 723. The summed E-state index contributed by atoms with van der Waals surface area (Å²) in [4.78, 5) is 0. The molecule has 18 nitrogen and oxygen atoms in total. The van der Waals surface area contributed by atoms with E-state index in [-0.39, 0.29) is 26.2 Å². The highest BCUT2D eigenvalue weighted by Gasteiger charge is 2.51. The molecule has 0 saturated carbocycles. The molecule has 0 aromatic heterocycles. The minimum atomic E-state index is -1.81. The van der Waals surface area contributed by atoms with Gasteiger partial charge < -0.3 is 79.5 Å². The second-order valence-corrected chi connectivity index (χ2v) is 9.50. The average molecular weight is 577 g/mol. The highest BCUT2D eigenvalue weighted by atomic mass is 16.7. The van der Waals surface area contributed by atoms with Gasteiger partial charge in [0.25, 0.3) is 0 Å². The molecule has 13 N–H and O–H groups in total. The van der Waals surface area contributed by atoms with Gasteiger partial charge in [-0.1, -0.05) is 0 Å². The summed E-state index contributed by atoms with van der Waals surface area (Å²) in [6.07, 6.45) is -23.1. The SMILES string of the molecule is NNCCO[C@H]1O[C@H](CCO[C@H]2O[C@H](CO)[C@@H](O)[C@H](O)[C@@H]2O)[C@@H](O)[C@H](O[C@H]2O[C@H](CO)[C@@H](O)[C@H](O)[C@@H]2O)[C@@H]1O. The largest absolute Gasteiger partial charge is 0.394 e. The third kappa shape index (κ3) is 7.57. The van der Waals surface area contributed by atoms with Crippen LogP contribution in [0.2, 0.25) is 0 Å². The molecule has 3 rings (SSSR count). The normalized spacial score (nSPS) is 47.3. The van der Waals surface area contributed by atoms with E-state index >= 15 is 0 Å². The molecule has 39 heavy (non-hydrogen) atoms. The van der Waals surface area contributed by atoms with Crippen LogP contribution in [0.15, 0.2) is 0 Å². The maximum absolute atomic E-state index is 11.0. The quantitative estimate of drug-likeness (QED) is 0.0583. The van der Waals surface area contributed by atoms with Crippen molar-refractivity contribution in [2.45, 2.75) is 98.5 Å². The van der Waals surface area contributed by atoms with E-state index in [0.29, 0.717) is 0 Å². The molecule has 0 bridgehead atoms. The van der Waals surface area contributed by atoms with Crippen molar-refractivity contribution in [3.8, 4) is 0 Å². The molecule has 3 aliphatic rings. The molecular formula is C21H40N2O16. The molecule has 15 atom stereocenters. The van der Waals surface area contributed by atoms with Crippen LogP contribution in [0.5, 0.6) is 0 Å². The lowest BCUT2D eigenvalue weighted by molar-refractivity contribution is -0.360. The van der Waals surface area contributed by atoms with Crippen molar-refractivity contribution < 1.29 is 79.5 Å². The predicted molar refractivity (Wildman–Crippen MR) is 122 cm³/mol. The van der Waals surface area contributed by atoms with Gasteiger partial charge in [0.1, 0.15) is 67.1 Å². The van der Waals surface area contributed by atoms with Crippen molar-refractivity contribution >= 4 is 0 Å². The second-order valence-electron chi connectivity index (χ2n) is 9.50. The lowest BCUT2D eigenvalue weighted by Gasteiger charge is -2.46. The predicted octanol–water partition coefficient (Wildman–Crippen LogP) is -7.70. The Kier molecular flexibility index (Phi) is 12.6. The monoisotopic (exact) mass is 576 g/mol. The van der Waals surface area contributed by atoms with Crippen molar-refractivity contribution in [2.75, 3.05) is 33.0 Å². The smallest absolute Gasteiger partial charge is 0.187 e. The summed E-state index contributed by atoms with van der Waals surface area (Å²) >= 11 is 0. The van der Waals surface area contributed by atoms with E-state index in [9.17, 15) is 51.1 Å². The second kappa shape index (κ2) is 15.0. The first-order valence-corrected chi connectivity index (χ1v) is 12.5. The van der Waals surface area contributed by atoms with Crippen LogP contribution in [-0.4, -0.2) is 176 Å². The number of rotatable bonds is 12. The number of ether oxygens (including phenoxy) is 6. The molecular weight excluding hydrogens is 536 g/mol. The fraction of sp³-hybridized carbons (Fsp3) is 1.00. The van der Waals surface area contributed by atoms with E-state index in [4.69, 9.17) is 34.3 Å². The molecule has 3 fully saturated rings. The van der Waals surface area contributed by atoms with Crippen LogP contribution in [0, 0.1) is 0 Å². The van der Waals surface area contributed by atoms with Crippen LogP contribution >= 0.6 is 0 Å². The minimum absolute atomic E-state index is 0.0326. The number of hydrogen-bond acceptors (Lipinski definition) is 18. The standard InChI is InChI=1S/C21H40N2O16/c22-23-2-4-35-20-17(33)18(39-21-16(32)14(30)11(27)9(6-25)38-21)12(28)7(36-20)1-3-34-19-15(31)13(29)10(26)8(5-24)37-19/h7-21,23-33H,1-6,22H2/t7-,8-,9-,10-,11-,12-,13+,14+,15+,16+,17+,18+,19+,20+,21-/m1/s1. The number of nitrogens with two attached hydrogens (primary N) is 1. The molecule has 3 saturated heterocycles. The van der Waals surface area contributed by atoms with Crippen molar-refractivity contribution in [1.82, 2.24) is 5.43 Å². The number of aliphatic hydroxyl groups is 10. The Balaban J connectivity index is 1.68. The molecule has 0 aromatic carbocycles. The topological polar surface area (TPSA) is 296 Å². The Morgan fingerprint density at radius 2 is 1.05 bits per heavy atom. The van der Waals surface area contributed by atoms with Crippen LogP contribution in [0.3, 0.4) is 0 Å². The molecule has 3 aliphatic heterocycles. The van der Waals surface area contributed by atoms with Gasteiger partial charge in [0.15, 0.2) is 18.9 Å². The molecule has 18 heteroatoms. The minimum Gasteiger partial charge on any atom is -0.394 e. The first-order chi connectivity index (χ1) is 18.5. The highest BCUT2D eigenvalue weighted by Crippen LogP contribution is 2.31. The van der Waals surface area contributed by atoms with Gasteiger partial charge in [0.05, 0.1) is 32.5 Å². The lowest BCUT2D eigenvalue weighted by atomic mass is 9.95. The van der Waals surface area contributed by atoms with Gasteiger partial charge in [-0.3, -0.25) is 11.3 Å². The van der Waals surface area contributed by atoms with Crippen molar-refractivity contribution in [2.24, 2.45) is 5.84 Å². The molecule has 0 amide bonds. The zero-order valence-corrected chi connectivity index (χ0v) is 20.9. The maximum Gasteiger partial charge on any atom is 0.187 e. The summed E-state index contributed by atoms with van der Waals surface area (Å²) in [5.74, 6) is 5.23. The Hall–Kier alpha value is -0.720. The molecule has 0 aliphatic carbocycles. The van der Waals surface area contributed by atoms with Gasteiger partial charge in [-0.05, 0) is 6.42 Å². The van der Waals surface area contributed by atoms with Gasteiger partial charge in [0, 0.05) is 6.54 Å². The number of hydrazine groups is 1. The van der Waals surface area contributed by atoms with E-state index in [2.05, 4.69) is 5.43 Å². The first kappa shape index (κ1) is 32.8. The van der Waals surface area contributed by atoms with Gasteiger partial charge in [-0.15, -0.1) is 0 Å². The summed E-state index contributed by atoms with van der Waals surface area (Å²) in [5, 5.41) is 101. The molecule has 0 spiro atoms. The molecule has 0 radical (unpaired) electrons. The van der Waals surface area contributed by atoms with Crippen LogP contribution in [0.1, 0.15) is 6.42 Å². The zero-order chi connectivity index (χ0) is 28.9. The van der Waals surface area contributed by atoms with E-state index in [1.807, 2.05) is 0 Å². The van der Waals surface area contributed by atoms with E-state index < -0.39 is 105 Å². The van der Waals surface area contributed by atoms with E-state index in [1.54, 1.807) is 0 Å². The fourth-order valence-electron chi connectivity index (χ4n) is 4.51. The molecule has 3 heterocycles. The van der Waals surface area contributed by atoms with E-state index in [1.165, 1.54) is 0 Å². The number of nitrogens with one attached hydrogen (secondary N) is 1. The summed E-state index contributed by atoms with van der Waals surface area (Å²) in [6, 6.07) is 0. The van der Waals surface area contributed by atoms with Gasteiger partial charge >= 0.3 is 0 Å². The zero-order valence-electron chi connectivity index (χ0n) is 20.9. The summed E-state index contributed by atoms with van der Waals surface area (Å²) in [7, 11) is 0. The maximum atomic E-state index is 11.0. The van der Waals surface area contributed by atoms with Crippen molar-refractivity contribution in [1.29, 1.82) is 0 Å². The molecule has 0 aromatic rings. The summed E-state index contributed by atoms with van der Waals surface area (Å²) in [5.41, 5.74) is 2.35. The molecule has 230 valence electrons. The molecule has 0 unspecified atom stereocenters. The van der Waals surface area contributed by atoms with E-state index in [0.717, 1.165) is 0 Å². The van der Waals surface area contributed by atoms with Crippen LogP contribution in [0.25, 0.3) is 0 Å². The van der Waals surface area contributed by atoms with Gasteiger partial charge in [-0.2, -0.15) is 0 Å². The van der Waals surface area contributed by atoms with Gasteiger partial charge in [0.2, 0.25) is 0 Å². The summed E-state index contributed by atoms with van der Waals surface area (Å²) in [6.45, 7) is -1.50. The highest BCUT2D eigenvalue weighted by molar-refractivity contribution is 4.94. The van der Waals surface area contributed by atoms with Crippen LogP contribution in [-0.2, 0) is 28.4 Å². The Morgan fingerprint density at radius 1 is 0.564 bits per heavy atom.